The number of carbonyl (C=O) groups is 1. The first kappa shape index (κ1) is 14.7. The van der Waals surface area contributed by atoms with Crippen molar-refractivity contribution in [2.75, 3.05) is 44.1 Å². The van der Waals surface area contributed by atoms with Gasteiger partial charge >= 0.3 is 6.03 Å². The smallest absolute Gasteiger partial charge is 0.319 e. The number of urea groups is 1. The average Bonchev–Trinajstić information content (AvgIpc) is 2.46. The molecular weight excluding hydrogens is 254 g/mol. The molecule has 20 heavy (non-hydrogen) atoms. The van der Waals surface area contributed by atoms with Gasteiger partial charge in [-0.05, 0) is 37.0 Å². The monoisotopic (exact) mass is 277 g/mol. The molecule has 0 atom stereocenters. The number of anilines is 2. The molecule has 1 aliphatic rings. The summed E-state index contributed by atoms with van der Waals surface area (Å²) in [5.74, 6) is 0.530. The van der Waals surface area contributed by atoms with Crippen LogP contribution in [0.4, 0.5) is 16.2 Å². The van der Waals surface area contributed by atoms with E-state index >= 15 is 0 Å². The van der Waals surface area contributed by atoms with Crippen molar-refractivity contribution in [3.8, 4) is 0 Å². The first-order valence-corrected chi connectivity index (χ1v) is 7.05. The Balaban J connectivity index is 1.80. The molecule has 0 saturated carbocycles. The lowest BCUT2D eigenvalue weighted by molar-refractivity contribution is 0.0671. The third kappa shape index (κ3) is 4.42. The van der Waals surface area contributed by atoms with Gasteiger partial charge in [0.05, 0.1) is 0 Å². The molecule has 1 aromatic rings. The molecule has 0 spiro atoms. The molecule has 5 nitrogen and oxygen atoms in total. The van der Waals surface area contributed by atoms with Crippen molar-refractivity contribution in [1.29, 1.82) is 0 Å². The molecular formula is C15H23N3O2. The minimum absolute atomic E-state index is 0.146. The highest BCUT2D eigenvalue weighted by Crippen LogP contribution is 2.17. The van der Waals surface area contributed by atoms with E-state index in [0.29, 0.717) is 12.5 Å². The molecule has 110 valence electrons. The lowest BCUT2D eigenvalue weighted by Gasteiger charge is -2.22. The van der Waals surface area contributed by atoms with Crippen LogP contribution in [0.5, 0.6) is 0 Å². The van der Waals surface area contributed by atoms with Crippen molar-refractivity contribution in [2.24, 2.45) is 5.92 Å². The van der Waals surface area contributed by atoms with E-state index in [2.05, 4.69) is 10.6 Å². The predicted octanol–water partition coefficient (Wildman–Crippen LogP) is 2.30. The molecule has 5 heteroatoms. The summed E-state index contributed by atoms with van der Waals surface area (Å²) in [7, 11) is 3.95. The largest absolute Gasteiger partial charge is 0.381 e. The topological polar surface area (TPSA) is 53.6 Å². The number of hydrogen-bond donors (Lipinski definition) is 2. The maximum atomic E-state index is 11.9. The Morgan fingerprint density at radius 3 is 2.80 bits per heavy atom. The number of amides is 2. The summed E-state index contributed by atoms with van der Waals surface area (Å²) >= 11 is 0. The summed E-state index contributed by atoms with van der Waals surface area (Å²) in [5.41, 5.74) is 1.87. The molecule has 1 saturated heterocycles. The Hall–Kier alpha value is -1.75. The molecule has 1 heterocycles. The van der Waals surface area contributed by atoms with Crippen molar-refractivity contribution in [1.82, 2.24) is 5.32 Å². The van der Waals surface area contributed by atoms with Crippen LogP contribution in [0.3, 0.4) is 0 Å². The van der Waals surface area contributed by atoms with Crippen molar-refractivity contribution < 1.29 is 9.53 Å². The molecule has 2 amide bonds. The number of nitrogens with one attached hydrogen (secondary N) is 2. The van der Waals surface area contributed by atoms with E-state index in [-0.39, 0.29) is 6.03 Å². The number of rotatable bonds is 4. The molecule has 2 rings (SSSR count). The van der Waals surface area contributed by atoms with Gasteiger partial charge < -0.3 is 20.3 Å². The van der Waals surface area contributed by atoms with Crippen molar-refractivity contribution in [3.63, 3.8) is 0 Å². The van der Waals surface area contributed by atoms with Crippen LogP contribution in [0.2, 0.25) is 0 Å². The van der Waals surface area contributed by atoms with Crippen molar-refractivity contribution in [2.45, 2.75) is 12.8 Å². The second-order valence-corrected chi connectivity index (χ2v) is 5.34. The van der Waals surface area contributed by atoms with E-state index in [1.807, 2.05) is 43.3 Å². The number of hydrogen-bond acceptors (Lipinski definition) is 3. The zero-order valence-corrected chi connectivity index (χ0v) is 12.2. The fourth-order valence-corrected chi connectivity index (χ4v) is 2.22. The minimum atomic E-state index is -0.146. The Morgan fingerprint density at radius 2 is 2.10 bits per heavy atom. The molecule has 1 aliphatic heterocycles. The third-order valence-corrected chi connectivity index (χ3v) is 3.51. The number of carbonyl (C=O) groups excluding carboxylic acids is 1. The van der Waals surface area contributed by atoms with Gasteiger partial charge in [-0.1, -0.05) is 6.07 Å². The van der Waals surface area contributed by atoms with E-state index in [1.165, 1.54) is 0 Å². The molecule has 0 radical (unpaired) electrons. The maximum Gasteiger partial charge on any atom is 0.319 e. The normalized spacial score (nSPS) is 15.7. The Morgan fingerprint density at radius 1 is 1.35 bits per heavy atom. The maximum absolute atomic E-state index is 11.9. The zero-order valence-electron chi connectivity index (χ0n) is 12.2. The first-order valence-electron chi connectivity index (χ1n) is 7.05. The average molecular weight is 277 g/mol. The second kappa shape index (κ2) is 7.14. The van der Waals surface area contributed by atoms with Crippen molar-refractivity contribution >= 4 is 17.4 Å². The molecule has 0 aliphatic carbocycles. The molecule has 2 N–H and O–H groups in total. The Kier molecular flexibility index (Phi) is 5.24. The summed E-state index contributed by atoms with van der Waals surface area (Å²) in [6.45, 7) is 2.32. The van der Waals surface area contributed by atoms with Crippen LogP contribution >= 0.6 is 0 Å². The van der Waals surface area contributed by atoms with Crippen LogP contribution in [0.15, 0.2) is 24.3 Å². The molecule has 1 fully saturated rings. The quantitative estimate of drug-likeness (QED) is 0.888. The van der Waals surface area contributed by atoms with Gasteiger partial charge in [0.2, 0.25) is 0 Å². The standard InChI is InChI=1S/C15H23N3O2/c1-18(2)14-5-3-4-13(10-14)17-15(19)16-11-12-6-8-20-9-7-12/h3-5,10,12H,6-9,11H2,1-2H3,(H2,16,17,19). The fraction of sp³-hybridized carbons (Fsp3) is 0.533. The SMILES string of the molecule is CN(C)c1cccc(NC(=O)NCC2CCOCC2)c1. The molecule has 1 aromatic carbocycles. The summed E-state index contributed by atoms with van der Waals surface area (Å²) in [4.78, 5) is 13.9. The molecule has 0 bridgehead atoms. The lowest BCUT2D eigenvalue weighted by Crippen LogP contribution is -2.35. The third-order valence-electron chi connectivity index (χ3n) is 3.51. The van der Waals surface area contributed by atoms with Crippen LogP contribution < -0.4 is 15.5 Å². The second-order valence-electron chi connectivity index (χ2n) is 5.34. The summed E-state index contributed by atoms with van der Waals surface area (Å²) in [5, 5.41) is 5.80. The highest BCUT2D eigenvalue weighted by atomic mass is 16.5. The van der Waals surface area contributed by atoms with E-state index in [9.17, 15) is 4.79 Å². The van der Waals surface area contributed by atoms with Gasteiger partial charge in [0.15, 0.2) is 0 Å². The Bertz CT molecular complexity index is 442. The van der Waals surface area contributed by atoms with Crippen LogP contribution in [0.1, 0.15) is 12.8 Å². The van der Waals surface area contributed by atoms with Crippen molar-refractivity contribution in [3.05, 3.63) is 24.3 Å². The fourth-order valence-electron chi connectivity index (χ4n) is 2.22. The van der Waals surface area contributed by atoms with Crippen LogP contribution in [-0.4, -0.2) is 39.9 Å². The predicted molar refractivity (Wildman–Crippen MR) is 81.3 cm³/mol. The molecule has 0 unspecified atom stereocenters. The van der Waals surface area contributed by atoms with Gasteiger partial charge in [-0.15, -0.1) is 0 Å². The number of benzene rings is 1. The number of nitrogens with zero attached hydrogens (tertiary/aromatic N) is 1. The van der Waals surface area contributed by atoms with E-state index in [0.717, 1.165) is 37.4 Å². The highest BCUT2D eigenvalue weighted by molar-refractivity contribution is 5.89. The summed E-state index contributed by atoms with van der Waals surface area (Å²) < 4.78 is 5.30. The highest BCUT2D eigenvalue weighted by Gasteiger charge is 2.14. The summed E-state index contributed by atoms with van der Waals surface area (Å²) in [6, 6.07) is 7.64. The lowest BCUT2D eigenvalue weighted by atomic mass is 10.0. The van der Waals surface area contributed by atoms with Gasteiger partial charge in [-0.25, -0.2) is 4.79 Å². The van der Waals surface area contributed by atoms with Gasteiger partial charge in [-0.3, -0.25) is 0 Å². The van der Waals surface area contributed by atoms with Crippen LogP contribution in [0, 0.1) is 5.92 Å². The molecule has 0 aromatic heterocycles. The van der Waals surface area contributed by atoms with Gasteiger partial charge in [-0.2, -0.15) is 0 Å². The number of ether oxygens (including phenoxy) is 1. The van der Waals surface area contributed by atoms with E-state index < -0.39 is 0 Å². The Labute approximate surface area is 120 Å². The van der Waals surface area contributed by atoms with Gasteiger partial charge in [0, 0.05) is 45.2 Å². The summed E-state index contributed by atoms with van der Waals surface area (Å²) in [6.07, 6.45) is 2.05. The zero-order chi connectivity index (χ0) is 14.4. The minimum Gasteiger partial charge on any atom is -0.381 e. The van der Waals surface area contributed by atoms with Gasteiger partial charge in [0.1, 0.15) is 0 Å². The van der Waals surface area contributed by atoms with Crippen LogP contribution in [0.25, 0.3) is 0 Å². The van der Waals surface area contributed by atoms with E-state index in [1.54, 1.807) is 0 Å². The van der Waals surface area contributed by atoms with Gasteiger partial charge in [0.25, 0.3) is 0 Å². The van der Waals surface area contributed by atoms with E-state index in [4.69, 9.17) is 4.74 Å². The van der Waals surface area contributed by atoms with Crippen LogP contribution in [-0.2, 0) is 4.74 Å². The first-order chi connectivity index (χ1) is 9.65.